The average molecular weight is 266 g/mol. The van der Waals surface area contributed by atoms with E-state index in [1.165, 1.54) is 18.2 Å². The van der Waals surface area contributed by atoms with Gasteiger partial charge in [0.25, 0.3) is 5.91 Å². The molecule has 0 saturated carbocycles. The van der Waals surface area contributed by atoms with Gasteiger partial charge in [0.15, 0.2) is 0 Å². The van der Waals surface area contributed by atoms with Crippen LogP contribution in [0.5, 0.6) is 5.75 Å². The van der Waals surface area contributed by atoms with E-state index in [-0.39, 0.29) is 29.8 Å². The predicted octanol–water partition coefficient (Wildman–Crippen LogP) is 0.586. The lowest BCUT2D eigenvalue weighted by Crippen LogP contribution is -2.20. The van der Waals surface area contributed by atoms with Crippen molar-refractivity contribution in [2.24, 2.45) is 10.8 Å². The first kappa shape index (κ1) is 14.8. The number of amides is 1. The Hall–Kier alpha value is -2.28. The number of aliphatic hydroxyl groups is 2. The van der Waals surface area contributed by atoms with E-state index < -0.39 is 18.1 Å². The van der Waals surface area contributed by atoms with Gasteiger partial charge < -0.3 is 21.1 Å². The third-order valence-corrected chi connectivity index (χ3v) is 2.58. The van der Waals surface area contributed by atoms with Crippen molar-refractivity contribution in [3.63, 3.8) is 0 Å². The molecule has 1 aromatic carbocycles. The summed E-state index contributed by atoms with van der Waals surface area (Å²) in [6.07, 6.45) is -2.36. The quantitative estimate of drug-likeness (QED) is 0.338. The molecule has 8 nitrogen and oxygen atoms in total. The minimum atomic E-state index is -1.27. The van der Waals surface area contributed by atoms with Gasteiger partial charge in [0, 0.05) is 11.5 Å². The number of carbonyl (C=O) groups is 1. The number of primary amides is 1. The zero-order chi connectivity index (χ0) is 14.4. The summed E-state index contributed by atoms with van der Waals surface area (Å²) in [7, 11) is 0. The lowest BCUT2D eigenvalue weighted by molar-refractivity contribution is 0.0150. The van der Waals surface area contributed by atoms with E-state index in [1.54, 1.807) is 0 Å². The molecule has 0 bridgehead atoms. The van der Waals surface area contributed by atoms with Crippen LogP contribution in [0.3, 0.4) is 0 Å². The molecule has 0 heterocycles. The van der Waals surface area contributed by atoms with E-state index in [2.05, 4.69) is 10.0 Å². The maximum atomic E-state index is 11.0. The number of aliphatic hydroxyl groups excluding tert-OH is 2. The van der Waals surface area contributed by atoms with Crippen LogP contribution in [0.1, 0.15) is 28.4 Å². The summed E-state index contributed by atoms with van der Waals surface area (Å²) in [4.78, 5) is 13.6. The molecule has 1 amide bonds. The molecular formula is C11H14N4O4. The fraction of sp³-hybridized carbons (Fsp3) is 0.364. The van der Waals surface area contributed by atoms with Crippen LogP contribution >= 0.6 is 0 Å². The number of azide groups is 1. The summed E-state index contributed by atoms with van der Waals surface area (Å²) in [5, 5.41) is 32.2. The van der Waals surface area contributed by atoms with Crippen molar-refractivity contribution in [3.8, 4) is 5.75 Å². The summed E-state index contributed by atoms with van der Waals surface area (Å²) in [5.41, 5.74) is 13.3. The van der Waals surface area contributed by atoms with E-state index >= 15 is 0 Å². The topological polar surface area (TPSA) is 153 Å². The predicted molar refractivity (Wildman–Crippen MR) is 66.2 cm³/mol. The van der Waals surface area contributed by atoms with Crippen molar-refractivity contribution in [1.82, 2.24) is 0 Å². The molecule has 1 aromatic rings. The highest BCUT2D eigenvalue weighted by Gasteiger charge is 2.20. The summed E-state index contributed by atoms with van der Waals surface area (Å²) >= 11 is 0. The van der Waals surface area contributed by atoms with E-state index in [1.807, 2.05) is 0 Å². The highest BCUT2D eigenvalue weighted by Crippen LogP contribution is 2.25. The van der Waals surface area contributed by atoms with Gasteiger partial charge in [-0.05, 0) is 29.6 Å². The van der Waals surface area contributed by atoms with Gasteiger partial charge in [0.05, 0.1) is 11.7 Å². The molecule has 0 aliphatic carbocycles. The first-order valence-corrected chi connectivity index (χ1v) is 5.47. The number of nitrogens with zero attached hydrogens (tertiary/aromatic N) is 3. The van der Waals surface area contributed by atoms with Gasteiger partial charge in [0.2, 0.25) is 0 Å². The molecule has 0 aliphatic heterocycles. The second-order valence-electron chi connectivity index (χ2n) is 3.90. The van der Waals surface area contributed by atoms with Crippen molar-refractivity contribution >= 4 is 5.91 Å². The van der Waals surface area contributed by atoms with Crippen LogP contribution < -0.4 is 5.73 Å². The summed E-state index contributed by atoms with van der Waals surface area (Å²) in [6, 6.07) is 3.78. The summed E-state index contributed by atoms with van der Waals surface area (Å²) in [6.45, 7) is 0.0372. The largest absolute Gasteiger partial charge is 0.507 e. The Balaban J connectivity index is 2.87. The highest BCUT2D eigenvalue weighted by molar-refractivity contribution is 5.95. The number of hydrogen-bond acceptors (Lipinski definition) is 5. The molecule has 0 aromatic heterocycles. The Labute approximate surface area is 108 Å². The van der Waals surface area contributed by atoms with Gasteiger partial charge in [-0.15, -0.1) is 0 Å². The van der Waals surface area contributed by atoms with Crippen LogP contribution in [0.4, 0.5) is 0 Å². The normalized spacial score (nSPS) is 13.4. The maximum absolute atomic E-state index is 11.0. The SMILES string of the molecule is [N-]=[N+]=NCCC(O)C(O)c1ccc(O)c(C(N)=O)c1. The minimum Gasteiger partial charge on any atom is -0.507 e. The van der Waals surface area contributed by atoms with E-state index in [0.717, 1.165) is 0 Å². The van der Waals surface area contributed by atoms with Crippen LogP contribution in [0.2, 0.25) is 0 Å². The fourth-order valence-corrected chi connectivity index (χ4v) is 1.55. The molecule has 2 unspecified atom stereocenters. The molecule has 2 atom stereocenters. The second kappa shape index (κ2) is 6.60. The van der Waals surface area contributed by atoms with Crippen molar-refractivity contribution in [2.75, 3.05) is 6.54 Å². The molecule has 0 fully saturated rings. The first-order chi connectivity index (χ1) is 8.97. The van der Waals surface area contributed by atoms with Gasteiger partial charge in [-0.1, -0.05) is 11.2 Å². The van der Waals surface area contributed by atoms with Crippen molar-refractivity contribution in [2.45, 2.75) is 18.6 Å². The van der Waals surface area contributed by atoms with Crippen molar-refractivity contribution in [1.29, 1.82) is 0 Å². The summed E-state index contributed by atoms with van der Waals surface area (Å²) < 4.78 is 0. The van der Waals surface area contributed by atoms with Gasteiger partial charge >= 0.3 is 0 Å². The average Bonchev–Trinajstić information content (AvgIpc) is 2.38. The van der Waals surface area contributed by atoms with E-state index in [0.29, 0.717) is 0 Å². The van der Waals surface area contributed by atoms with Crippen LogP contribution in [0.15, 0.2) is 23.3 Å². The number of nitrogens with two attached hydrogens (primary N) is 1. The Morgan fingerprint density at radius 3 is 2.74 bits per heavy atom. The molecular weight excluding hydrogens is 252 g/mol. The second-order valence-corrected chi connectivity index (χ2v) is 3.90. The molecule has 0 aliphatic rings. The highest BCUT2D eigenvalue weighted by atomic mass is 16.3. The maximum Gasteiger partial charge on any atom is 0.252 e. The fourth-order valence-electron chi connectivity index (χ4n) is 1.55. The number of aromatic hydroxyl groups is 1. The number of rotatable bonds is 6. The van der Waals surface area contributed by atoms with Crippen molar-refractivity contribution in [3.05, 3.63) is 39.8 Å². The Kier molecular flexibility index (Phi) is 5.13. The monoisotopic (exact) mass is 266 g/mol. The lowest BCUT2D eigenvalue weighted by Gasteiger charge is -2.18. The number of carbonyl (C=O) groups excluding carboxylic acids is 1. The molecule has 102 valence electrons. The van der Waals surface area contributed by atoms with E-state index in [4.69, 9.17) is 11.3 Å². The standard InChI is InChI=1S/C11H14N4O4/c12-11(19)7-5-6(1-2-8(7)16)10(18)9(17)3-4-14-15-13/h1-2,5,9-10,16-18H,3-4H2,(H2,12,19). The van der Waals surface area contributed by atoms with E-state index in [9.17, 15) is 20.1 Å². The van der Waals surface area contributed by atoms with Crippen molar-refractivity contribution < 1.29 is 20.1 Å². The zero-order valence-corrected chi connectivity index (χ0v) is 9.97. The summed E-state index contributed by atoms with van der Waals surface area (Å²) in [5.74, 6) is -1.14. The van der Waals surface area contributed by atoms with Crippen LogP contribution in [0, 0.1) is 0 Å². The van der Waals surface area contributed by atoms with Gasteiger partial charge in [-0.3, -0.25) is 4.79 Å². The number of benzene rings is 1. The molecule has 19 heavy (non-hydrogen) atoms. The van der Waals surface area contributed by atoms with Gasteiger partial charge in [0.1, 0.15) is 11.9 Å². The number of hydrogen-bond donors (Lipinski definition) is 4. The third kappa shape index (κ3) is 3.85. The third-order valence-electron chi connectivity index (χ3n) is 2.58. The molecule has 0 spiro atoms. The molecule has 8 heteroatoms. The molecule has 1 rings (SSSR count). The Morgan fingerprint density at radius 1 is 1.47 bits per heavy atom. The van der Waals surface area contributed by atoms with Crippen LogP contribution in [-0.4, -0.2) is 33.9 Å². The Morgan fingerprint density at radius 2 is 2.16 bits per heavy atom. The Bertz CT molecular complexity index is 513. The first-order valence-electron chi connectivity index (χ1n) is 5.47. The van der Waals surface area contributed by atoms with Crippen LogP contribution in [-0.2, 0) is 0 Å². The smallest absolute Gasteiger partial charge is 0.252 e. The minimum absolute atomic E-state index is 0.0372. The number of phenols is 1. The molecule has 0 radical (unpaired) electrons. The molecule has 5 N–H and O–H groups in total. The van der Waals surface area contributed by atoms with Gasteiger partial charge in [-0.25, -0.2) is 0 Å². The zero-order valence-electron chi connectivity index (χ0n) is 9.97. The van der Waals surface area contributed by atoms with Crippen LogP contribution in [0.25, 0.3) is 10.4 Å². The lowest BCUT2D eigenvalue weighted by atomic mass is 9.99. The molecule has 0 saturated heterocycles. The van der Waals surface area contributed by atoms with Gasteiger partial charge in [-0.2, -0.15) is 0 Å².